The first kappa shape index (κ1) is 12.7. The lowest BCUT2D eigenvalue weighted by Crippen LogP contribution is -2.12. The van der Waals surface area contributed by atoms with E-state index in [2.05, 4.69) is 42.2 Å². The number of nitrogens with zero attached hydrogens (tertiary/aromatic N) is 1. The standard InChI is InChI=1S/C10H5Br2FN2OS/c11-7-2-1-5(13)3-6(7)9(16)15-10-14-4-8(12)17-10/h1-4H,(H,14,15,16). The fourth-order valence-electron chi connectivity index (χ4n) is 1.15. The molecule has 0 atom stereocenters. The van der Waals surface area contributed by atoms with Gasteiger partial charge in [0.15, 0.2) is 5.13 Å². The second-order valence-electron chi connectivity index (χ2n) is 3.05. The average molecular weight is 380 g/mol. The predicted octanol–water partition coefficient (Wildman–Crippen LogP) is 4.06. The number of nitrogens with one attached hydrogen (secondary N) is 1. The summed E-state index contributed by atoms with van der Waals surface area (Å²) in [5.74, 6) is -0.864. The highest BCUT2D eigenvalue weighted by Crippen LogP contribution is 2.25. The number of benzene rings is 1. The molecule has 2 rings (SSSR count). The van der Waals surface area contributed by atoms with E-state index in [1.807, 2.05) is 0 Å². The Morgan fingerprint density at radius 2 is 2.18 bits per heavy atom. The van der Waals surface area contributed by atoms with Crippen LogP contribution in [0.5, 0.6) is 0 Å². The Balaban J connectivity index is 2.22. The summed E-state index contributed by atoms with van der Waals surface area (Å²) in [7, 11) is 0. The van der Waals surface area contributed by atoms with E-state index < -0.39 is 11.7 Å². The smallest absolute Gasteiger partial charge is 0.258 e. The van der Waals surface area contributed by atoms with Gasteiger partial charge >= 0.3 is 0 Å². The molecule has 3 nitrogen and oxygen atoms in total. The Morgan fingerprint density at radius 3 is 2.82 bits per heavy atom. The van der Waals surface area contributed by atoms with Crippen LogP contribution in [0.2, 0.25) is 0 Å². The van der Waals surface area contributed by atoms with Gasteiger partial charge in [-0.2, -0.15) is 0 Å². The van der Waals surface area contributed by atoms with E-state index in [-0.39, 0.29) is 5.56 Å². The Hall–Kier alpha value is -0.790. The van der Waals surface area contributed by atoms with Gasteiger partial charge in [-0.05, 0) is 50.1 Å². The summed E-state index contributed by atoms with van der Waals surface area (Å²) >= 11 is 7.72. The van der Waals surface area contributed by atoms with Gasteiger partial charge in [-0.25, -0.2) is 9.37 Å². The average Bonchev–Trinajstić information content (AvgIpc) is 2.67. The summed E-state index contributed by atoms with van der Waals surface area (Å²) < 4.78 is 14.4. The quantitative estimate of drug-likeness (QED) is 0.854. The van der Waals surface area contributed by atoms with Crippen LogP contribution in [0, 0.1) is 5.82 Å². The number of amides is 1. The van der Waals surface area contributed by atoms with Crippen molar-refractivity contribution in [1.29, 1.82) is 0 Å². The fourth-order valence-corrected chi connectivity index (χ4v) is 2.68. The van der Waals surface area contributed by atoms with E-state index in [0.29, 0.717) is 9.60 Å². The molecule has 0 aliphatic carbocycles. The molecule has 0 aliphatic rings. The first-order valence-corrected chi connectivity index (χ1v) is 6.84. The van der Waals surface area contributed by atoms with Crippen molar-refractivity contribution in [3.05, 3.63) is 44.0 Å². The van der Waals surface area contributed by atoms with Gasteiger partial charge in [0.2, 0.25) is 0 Å². The van der Waals surface area contributed by atoms with Gasteiger partial charge in [0.05, 0.1) is 15.5 Å². The Labute approximate surface area is 117 Å². The minimum absolute atomic E-state index is 0.233. The van der Waals surface area contributed by atoms with Gasteiger partial charge in [0.1, 0.15) is 5.82 Å². The number of halogens is 3. The van der Waals surface area contributed by atoms with E-state index in [0.717, 1.165) is 3.79 Å². The van der Waals surface area contributed by atoms with Gasteiger partial charge in [-0.3, -0.25) is 10.1 Å². The van der Waals surface area contributed by atoms with Crippen LogP contribution in [-0.4, -0.2) is 10.9 Å². The molecule has 0 aliphatic heterocycles. The van der Waals surface area contributed by atoms with E-state index in [4.69, 9.17) is 0 Å². The molecular formula is C10H5Br2FN2OS. The zero-order valence-corrected chi connectivity index (χ0v) is 12.2. The fraction of sp³-hybridized carbons (Fsp3) is 0. The van der Waals surface area contributed by atoms with Crippen LogP contribution < -0.4 is 5.32 Å². The van der Waals surface area contributed by atoms with E-state index in [1.165, 1.54) is 29.5 Å². The van der Waals surface area contributed by atoms with Crippen LogP contribution in [0.25, 0.3) is 0 Å². The van der Waals surface area contributed by atoms with Crippen molar-refractivity contribution < 1.29 is 9.18 Å². The lowest BCUT2D eigenvalue weighted by molar-refractivity contribution is 0.102. The molecule has 0 fully saturated rings. The van der Waals surface area contributed by atoms with Crippen molar-refractivity contribution in [3.8, 4) is 0 Å². The number of hydrogen-bond acceptors (Lipinski definition) is 3. The van der Waals surface area contributed by atoms with Gasteiger partial charge in [-0.15, -0.1) is 0 Å². The maximum Gasteiger partial charge on any atom is 0.258 e. The summed E-state index contributed by atoms with van der Waals surface area (Å²) in [6.45, 7) is 0. The summed E-state index contributed by atoms with van der Waals surface area (Å²) in [6, 6.07) is 3.94. The molecule has 88 valence electrons. The minimum atomic E-state index is -0.460. The number of anilines is 1. The zero-order valence-electron chi connectivity index (χ0n) is 8.21. The first-order valence-electron chi connectivity index (χ1n) is 4.44. The van der Waals surface area contributed by atoms with Crippen LogP contribution in [0.4, 0.5) is 9.52 Å². The number of thiazole rings is 1. The van der Waals surface area contributed by atoms with Crippen molar-refractivity contribution in [1.82, 2.24) is 4.98 Å². The molecular weight excluding hydrogens is 375 g/mol. The van der Waals surface area contributed by atoms with Crippen molar-refractivity contribution in [2.45, 2.75) is 0 Å². The minimum Gasteiger partial charge on any atom is -0.298 e. The van der Waals surface area contributed by atoms with Crippen molar-refractivity contribution in [3.63, 3.8) is 0 Å². The lowest BCUT2D eigenvalue weighted by atomic mass is 10.2. The van der Waals surface area contributed by atoms with Crippen LogP contribution in [0.1, 0.15) is 10.4 Å². The molecule has 7 heteroatoms. The van der Waals surface area contributed by atoms with Crippen molar-refractivity contribution in [2.75, 3.05) is 5.32 Å². The molecule has 1 amide bonds. The van der Waals surface area contributed by atoms with Gasteiger partial charge < -0.3 is 0 Å². The Morgan fingerprint density at radius 1 is 1.41 bits per heavy atom. The third-order valence-corrected chi connectivity index (χ3v) is 3.95. The normalized spacial score (nSPS) is 10.3. The molecule has 2 aromatic rings. The van der Waals surface area contributed by atoms with Gasteiger partial charge in [0, 0.05) is 4.47 Å². The second-order valence-corrected chi connectivity index (χ2v) is 6.31. The molecule has 0 spiro atoms. The largest absolute Gasteiger partial charge is 0.298 e. The number of carbonyl (C=O) groups excluding carboxylic acids is 1. The molecule has 0 saturated carbocycles. The first-order chi connectivity index (χ1) is 8.06. The topological polar surface area (TPSA) is 42.0 Å². The summed E-state index contributed by atoms with van der Waals surface area (Å²) in [4.78, 5) is 15.8. The van der Waals surface area contributed by atoms with Crippen molar-refractivity contribution >= 4 is 54.2 Å². The highest BCUT2D eigenvalue weighted by atomic mass is 79.9. The number of aromatic nitrogens is 1. The highest BCUT2D eigenvalue weighted by molar-refractivity contribution is 9.11. The number of hydrogen-bond donors (Lipinski definition) is 1. The van der Waals surface area contributed by atoms with Crippen LogP contribution in [0.3, 0.4) is 0 Å². The number of carbonyl (C=O) groups is 1. The summed E-state index contributed by atoms with van der Waals surface area (Å²) in [6.07, 6.45) is 1.58. The predicted molar refractivity (Wildman–Crippen MR) is 71.9 cm³/mol. The molecule has 0 unspecified atom stereocenters. The lowest BCUT2D eigenvalue weighted by Gasteiger charge is -2.04. The monoisotopic (exact) mass is 378 g/mol. The van der Waals surface area contributed by atoms with Gasteiger partial charge in [-0.1, -0.05) is 11.3 Å². The second kappa shape index (κ2) is 5.24. The van der Waals surface area contributed by atoms with E-state index in [9.17, 15) is 9.18 Å². The van der Waals surface area contributed by atoms with Crippen LogP contribution >= 0.6 is 43.2 Å². The molecule has 1 aromatic carbocycles. The van der Waals surface area contributed by atoms with E-state index in [1.54, 1.807) is 6.20 Å². The third kappa shape index (κ3) is 3.11. The Bertz CT molecular complexity index is 573. The molecule has 0 bridgehead atoms. The van der Waals surface area contributed by atoms with E-state index >= 15 is 0 Å². The summed E-state index contributed by atoms with van der Waals surface area (Å²) in [5, 5.41) is 3.05. The Kier molecular flexibility index (Phi) is 3.90. The SMILES string of the molecule is O=C(Nc1ncc(Br)s1)c1cc(F)ccc1Br. The van der Waals surface area contributed by atoms with Crippen LogP contribution in [-0.2, 0) is 0 Å². The molecule has 1 heterocycles. The zero-order chi connectivity index (χ0) is 12.4. The highest BCUT2D eigenvalue weighted by Gasteiger charge is 2.12. The summed E-state index contributed by atoms with van der Waals surface area (Å²) in [5.41, 5.74) is 0.233. The molecule has 0 radical (unpaired) electrons. The molecule has 1 aromatic heterocycles. The maximum atomic E-state index is 13.0. The third-order valence-electron chi connectivity index (χ3n) is 1.87. The number of rotatable bonds is 2. The van der Waals surface area contributed by atoms with Gasteiger partial charge in [0.25, 0.3) is 5.91 Å². The molecule has 0 saturated heterocycles. The van der Waals surface area contributed by atoms with Crippen molar-refractivity contribution in [2.24, 2.45) is 0 Å². The molecule has 1 N–H and O–H groups in total. The maximum absolute atomic E-state index is 13.0. The molecule has 17 heavy (non-hydrogen) atoms. The van der Waals surface area contributed by atoms with Crippen LogP contribution in [0.15, 0.2) is 32.7 Å².